The zero-order valence-electron chi connectivity index (χ0n) is 7.98. The number of halogens is 2. The predicted molar refractivity (Wildman–Crippen MR) is 64.6 cm³/mol. The van der Waals surface area contributed by atoms with Crippen molar-refractivity contribution in [2.24, 2.45) is 5.73 Å². The van der Waals surface area contributed by atoms with E-state index in [2.05, 4.69) is 15.9 Å². The average molecular weight is 281 g/mol. The van der Waals surface area contributed by atoms with Gasteiger partial charge in [-0.05, 0) is 24.1 Å². The Labute approximate surface area is 99.0 Å². The minimum absolute atomic E-state index is 0. The third-order valence-corrected chi connectivity index (χ3v) is 2.62. The molecule has 0 spiro atoms. The lowest BCUT2D eigenvalue weighted by molar-refractivity contribution is 0.140. The first-order valence-electron chi connectivity index (χ1n) is 4.34. The van der Waals surface area contributed by atoms with Gasteiger partial charge in [-0.3, -0.25) is 0 Å². The van der Waals surface area contributed by atoms with Crippen LogP contribution in [0.15, 0.2) is 28.7 Å². The van der Waals surface area contributed by atoms with E-state index in [0.29, 0.717) is 6.42 Å². The van der Waals surface area contributed by atoms with Crippen molar-refractivity contribution >= 4 is 28.3 Å². The standard InChI is InChI=1S/C10H14BrNO.ClH/c1-2-9(13)10(12)7-3-5-8(11)6-4-7;/h3-6,9-10,13H,2,12H2,1H3;1H/t9-,10+;/m1./s1. The number of aliphatic hydroxyl groups is 1. The lowest BCUT2D eigenvalue weighted by atomic mass is 10.0. The Morgan fingerprint density at radius 2 is 1.86 bits per heavy atom. The van der Waals surface area contributed by atoms with E-state index in [0.717, 1.165) is 10.0 Å². The van der Waals surface area contributed by atoms with E-state index in [-0.39, 0.29) is 18.4 Å². The Morgan fingerprint density at radius 1 is 1.36 bits per heavy atom. The highest BCUT2D eigenvalue weighted by molar-refractivity contribution is 9.10. The predicted octanol–water partition coefficient (Wildman–Crippen LogP) is 2.64. The summed E-state index contributed by atoms with van der Waals surface area (Å²) in [5, 5.41) is 9.51. The van der Waals surface area contributed by atoms with E-state index in [4.69, 9.17) is 5.73 Å². The van der Waals surface area contributed by atoms with E-state index in [1.807, 2.05) is 31.2 Å². The Bertz CT molecular complexity index is 265. The number of aliphatic hydroxyl groups excluding tert-OH is 1. The second kappa shape index (κ2) is 6.40. The van der Waals surface area contributed by atoms with Crippen LogP contribution in [-0.2, 0) is 0 Å². The highest BCUT2D eigenvalue weighted by atomic mass is 79.9. The molecule has 4 heteroatoms. The summed E-state index contributed by atoms with van der Waals surface area (Å²) in [5.41, 5.74) is 6.80. The molecule has 1 rings (SSSR count). The molecule has 0 heterocycles. The highest BCUT2D eigenvalue weighted by Crippen LogP contribution is 2.18. The Balaban J connectivity index is 0.00000169. The van der Waals surface area contributed by atoms with Crippen molar-refractivity contribution in [1.82, 2.24) is 0 Å². The third kappa shape index (κ3) is 3.58. The summed E-state index contributed by atoms with van der Waals surface area (Å²) in [7, 11) is 0. The van der Waals surface area contributed by atoms with Crippen molar-refractivity contribution < 1.29 is 5.11 Å². The molecule has 2 atom stereocenters. The molecule has 0 amide bonds. The van der Waals surface area contributed by atoms with Crippen molar-refractivity contribution in [3.63, 3.8) is 0 Å². The lowest BCUT2D eigenvalue weighted by Gasteiger charge is -2.17. The van der Waals surface area contributed by atoms with Crippen LogP contribution in [0.1, 0.15) is 24.9 Å². The molecule has 0 unspecified atom stereocenters. The summed E-state index contributed by atoms with van der Waals surface area (Å²) < 4.78 is 1.02. The molecule has 0 aliphatic heterocycles. The number of benzene rings is 1. The van der Waals surface area contributed by atoms with Crippen LogP contribution in [0.4, 0.5) is 0 Å². The van der Waals surface area contributed by atoms with Gasteiger partial charge in [0, 0.05) is 4.47 Å². The number of hydrogen-bond acceptors (Lipinski definition) is 2. The highest BCUT2D eigenvalue weighted by Gasteiger charge is 2.13. The average Bonchev–Trinajstić information content (AvgIpc) is 2.17. The van der Waals surface area contributed by atoms with E-state index in [9.17, 15) is 5.11 Å². The Hall–Kier alpha value is -0.0900. The van der Waals surface area contributed by atoms with Crippen molar-refractivity contribution in [3.05, 3.63) is 34.3 Å². The molecule has 1 aromatic rings. The van der Waals surface area contributed by atoms with Gasteiger partial charge in [0.1, 0.15) is 0 Å². The smallest absolute Gasteiger partial charge is 0.0730 e. The first kappa shape index (κ1) is 13.9. The lowest BCUT2D eigenvalue weighted by Crippen LogP contribution is -2.25. The topological polar surface area (TPSA) is 46.2 Å². The van der Waals surface area contributed by atoms with Crippen LogP contribution in [0, 0.1) is 0 Å². The van der Waals surface area contributed by atoms with Gasteiger partial charge in [-0.25, -0.2) is 0 Å². The molecule has 0 saturated carbocycles. The van der Waals surface area contributed by atoms with E-state index in [1.165, 1.54) is 0 Å². The molecule has 0 aliphatic carbocycles. The van der Waals surface area contributed by atoms with Gasteiger partial charge in [0.05, 0.1) is 12.1 Å². The van der Waals surface area contributed by atoms with Crippen molar-refractivity contribution in [3.8, 4) is 0 Å². The maximum Gasteiger partial charge on any atom is 0.0730 e. The molecular weight excluding hydrogens is 265 g/mol. The molecule has 0 radical (unpaired) electrons. The summed E-state index contributed by atoms with van der Waals surface area (Å²) in [6, 6.07) is 7.43. The van der Waals surface area contributed by atoms with E-state index >= 15 is 0 Å². The monoisotopic (exact) mass is 279 g/mol. The van der Waals surface area contributed by atoms with Gasteiger partial charge in [-0.2, -0.15) is 0 Å². The van der Waals surface area contributed by atoms with Crippen LogP contribution in [0.25, 0.3) is 0 Å². The van der Waals surface area contributed by atoms with Gasteiger partial charge in [0.15, 0.2) is 0 Å². The van der Waals surface area contributed by atoms with Crippen LogP contribution in [0.5, 0.6) is 0 Å². The molecule has 1 aromatic carbocycles. The minimum atomic E-state index is -0.457. The fourth-order valence-corrected chi connectivity index (χ4v) is 1.43. The van der Waals surface area contributed by atoms with Crippen molar-refractivity contribution in [2.45, 2.75) is 25.5 Å². The zero-order chi connectivity index (χ0) is 9.84. The quantitative estimate of drug-likeness (QED) is 0.894. The van der Waals surface area contributed by atoms with Gasteiger partial charge < -0.3 is 10.8 Å². The molecule has 14 heavy (non-hydrogen) atoms. The number of nitrogens with two attached hydrogens (primary N) is 1. The molecule has 0 aromatic heterocycles. The Kier molecular flexibility index (Phi) is 6.36. The largest absolute Gasteiger partial charge is 0.391 e. The van der Waals surface area contributed by atoms with Gasteiger partial charge >= 0.3 is 0 Å². The molecule has 2 nitrogen and oxygen atoms in total. The fourth-order valence-electron chi connectivity index (χ4n) is 1.16. The molecule has 80 valence electrons. The summed E-state index contributed by atoms with van der Waals surface area (Å²) in [6.07, 6.45) is 0.221. The molecule has 0 fully saturated rings. The van der Waals surface area contributed by atoms with Crippen LogP contribution in [0.2, 0.25) is 0 Å². The van der Waals surface area contributed by atoms with Gasteiger partial charge in [0.2, 0.25) is 0 Å². The molecule has 0 saturated heterocycles. The molecule has 0 aliphatic rings. The van der Waals surface area contributed by atoms with Crippen LogP contribution >= 0.6 is 28.3 Å². The van der Waals surface area contributed by atoms with E-state index < -0.39 is 6.10 Å². The minimum Gasteiger partial charge on any atom is -0.391 e. The third-order valence-electron chi connectivity index (χ3n) is 2.09. The second-order valence-corrected chi connectivity index (χ2v) is 3.97. The summed E-state index contributed by atoms with van der Waals surface area (Å²) >= 11 is 3.35. The fraction of sp³-hybridized carbons (Fsp3) is 0.400. The maximum absolute atomic E-state index is 9.51. The first-order chi connectivity index (χ1) is 6.15. The molecule has 3 N–H and O–H groups in total. The van der Waals surface area contributed by atoms with Crippen LogP contribution in [0.3, 0.4) is 0 Å². The van der Waals surface area contributed by atoms with Gasteiger partial charge in [-0.15, -0.1) is 12.4 Å². The summed E-state index contributed by atoms with van der Waals surface area (Å²) in [5.74, 6) is 0. The zero-order valence-corrected chi connectivity index (χ0v) is 10.4. The molecular formula is C10H15BrClNO. The first-order valence-corrected chi connectivity index (χ1v) is 5.13. The van der Waals surface area contributed by atoms with Crippen LogP contribution < -0.4 is 5.73 Å². The summed E-state index contributed by atoms with van der Waals surface area (Å²) in [4.78, 5) is 0. The van der Waals surface area contributed by atoms with Gasteiger partial charge in [-0.1, -0.05) is 35.0 Å². The van der Waals surface area contributed by atoms with Crippen molar-refractivity contribution in [2.75, 3.05) is 0 Å². The second-order valence-electron chi connectivity index (χ2n) is 3.05. The molecule has 0 bridgehead atoms. The van der Waals surface area contributed by atoms with Crippen molar-refractivity contribution in [1.29, 1.82) is 0 Å². The SMILES string of the molecule is CC[C@@H](O)[C@@H](N)c1ccc(Br)cc1.Cl. The maximum atomic E-state index is 9.51. The normalized spacial score (nSPS) is 14.3. The van der Waals surface area contributed by atoms with Crippen LogP contribution in [-0.4, -0.2) is 11.2 Å². The number of rotatable bonds is 3. The van der Waals surface area contributed by atoms with E-state index in [1.54, 1.807) is 0 Å². The summed E-state index contributed by atoms with van der Waals surface area (Å²) in [6.45, 7) is 1.92. The number of hydrogen-bond donors (Lipinski definition) is 2. The van der Waals surface area contributed by atoms with Gasteiger partial charge in [0.25, 0.3) is 0 Å². The Morgan fingerprint density at radius 3 is 2.29 bits per heavy atom.